The molecule has 136 valence electrons. The average molecular weight is 370 g/mol. The predicted octanol–water partition coefficient (Wildman–Crippen LogP) is 5.17. The Morgan fingerprint density at radius 1 is 0.714 bits per heavy atom. The van der Waals surface area contributed by atoms with Gasteiger partial charge in [0.15, 0.2) is 0 Å². The number of aromatic nitrogens is 2. The summed E-state index contributed by atoms with van der Waals surface area (Å²) in [6.45, 7) is 0. The van der Waals surface area contributed by atoms with Crippen LogP contribution in [0.1, 0.15) is 10.4 Å². The molecular weight excluding hydrogens is 355 g/mol. The van der Waals surface area contributed by atoms with Crippen LogP contribution in [-0.2, 0) is 0 Å². The minimum atomic E-state index is -0.686. The average Bonchev–Trinajstić information content (AvgIpc) is 2.75. The Labute approximate surface area is 161 Å². The maximum atomic E-state index is 13.2. The van der Waals surface area contributed by atoms with Gasteiger partial charge in [-0.15, -0.1) is 10.2 Å². The first-order valence-corrected chi connectivity index (χ1v) is 8.66. The standard InChI is InChI=1S/C23H15FN2O2/c24-20-8-4-7-19(15-20)23(27)28-22-14-13-21(25-26-22)18-11-9-17(10-12-18)16-5-2-1-3-6-16/h1-15H. The summed E-state index contributed by atoms with van der Waals surface area (Å²) in [7, 11) is 0. The largest absolute Gasteiger partial charge is 0.402 e. The van der Waals surface area contributed by atoms with Crippen molar-refractivity contribution < 1.29 is 13.9 Å². The van der Waals surface area contributed by atoms with Gasteiger partial charge in [-0.1, -0.05) is 60.7 Å². The summed E-state index contributed by atoms with van der Waals surface area (Å²) < 4.78 is 18.4. The number of esters is 1. The molecule has 1 aromatic heterocycles. The van der Waals surface area contributed by atoms with E-state index in [1.165, 1.54) is 18.2 Å². The SMILES string of the molecule is O=C(Oc1ccc(-c2ccc(-c3ccccc3)cc2)nn1)c1cccc(F)c1. The van der Waals surface area contributed by atoms with Crippen LogP contribution < -0.4 is 4.74 Å². The molecule has 4 nitrogen and oxygen atoms in total. The van der Waals surface area contributed by atoms with Crippen molar-refractivity contribution in [3.63, 3.8) is 0 Å². The maximum absolute atomic E-state index is 13.2. The first-order chi connectivity index (χ1) is 13.7. The molecule has 0 saturated carbocycles. The van der Waals surface area contributed by atoms with Crippen LogP contribution in [0, 0.1) is 5.82 Å². The van der Waals surface area contributed by atoms with Gasteiger partial charge in [-0.25, -0.2) is 9.18 Å². The second kappa shape index (κ2) is 7.80. The van der Waals surface area contributed by atoms with Crippen LogP contribution in [0.15, 0.2) is 91.0 Å². The molecule has 0 unspecified atom stereocenters. The molecule has 0 fully saturated rings. The fraction of sp³-hybridized carbons (Fsp3) is 0. The molecule has 1 heterocycles. The van der Waals surface area contributed by atoms with Gasteiger partial charge in [0.25, 0.3) is 0 Å². The van der Waals surface area contributed by atoms with E-state index in [4.69, 9.17) is 4.74 Å². The molecule has 0 atom stereocenters. The van der Waals surface area contributed by atoms with Gasteiger partial charge in [0.2, 0.25) is 5.88 Å². The fourth-order valence-electron chi connectivity index (χ4n) is 2.76. The lowest BCUT2D eigenvalue weighted by atomic mass is 10.0. The van der Waals surface area contributed by atoms with Crippen molar-refractivity contribution in [2.45, 2.75) is 0 Å². The highest BCUT2D eigenvalue weighted by Crippen LogP contribution is 2.24. The van der Waals surface area contributed by atoms with Gasteiger partial charge in [0, 0.05) is 11.6 Å². The predicted molar refractivity (Wildman–Crippen MR) is 104 cm³/mol. The topological polar surface area (TPSA) is 52.1 Å². The van der Waals surface area contributed by atoms with Crippen molar-refractivity contribution >= 4 is 5.97 Å². The van der Waals surface area contributed by atoms with E-state index in [0.29, 0.717) is 5.69 Å². The molecule has 28 heavy (non-hydrogen) atoms. The Hall–Kier alpha value is -3.86. The van der Waals surface area contributed by atoms with Crippen LogP contribution in [0.4, 0.5) is 4.39 Å². The van der Waals surface area contributed by atoms with Crippen molar-refractivity contribution in [3.8, 4) is 28.3 Å². The van der Waals surface area contributed by atoms with Crippen molar-refractivity contribution in [2.24, 2.45) is 0 Å². The summed E-state index contributed by atoms with van der Waals surface area (Å²) in [5.74, 6) is -1.14. The number of halogens is 1. The summed E-state index contributed by atoms with van der Waals surface area (Å²) in [5, 5.41) is 8.05. The number of carbonyl (C=O) groups is 1. The fourth-order valence-corrected chi connectivity index (χ4v) is 2.76. The smallest absolute Gasteiger partial charge is 0.345 e. The number of carbonyl (C=O) groups excluding carboxylic acids is 1. The van der Waals surface area contributed by atoms with Crippen LogP contribution in [0.2, 0.25) is 0 Å². The van der Waals surface area contributed by atoms with E-state index in [2.05, 4.69) is 22.3 Å². The Bertz CT molecular complexity index is 1100. The molecule has 4 aromatic rings. The van der Waals surface area contributed by atoms with Gasteiger partial charge in [0.05, 0.1) is 11.3 Å². The molecular formula is C23H15FN2O2. The number of hydrogen-bond acceptors (Lipinski definition) is 4. The molecule has 0 aliphatic carbocycles. The molecule has 0 bridgehead atoms. The van der Waals surface area contributed by atoms with Gasteiger partial charge >= 0.3 is 5.97 Å². The highest BCUT2D eigenvalue weighted by molar-refractivity contribution is 5.90. The minimum absolute atomic E-state index is 0.0546. The first kappa shape index (κ1) is 17.5. The summed E-state index contributed by atoms with van der Waals surface area (Å²) in [6.07, 6.45) is 0. The van der Waals surface area contributed by atoms with E-state index in [9.17, 15) is 9.18 Å². The third kappa shape index (κ3) is 3.94. The van der Waals surface area contributed by atoms with Crippen molar-refractivity contribution in [3.05, 3.63) is 102 Å². The monoisotopic (exact) mass is 370 g/mol. The van der Waals surface area contributed by atoms with Gasteiger partial charge in [0.1, 0.15) is 5.82 Å². The van der Waals surface area contributed by atoms with Gasteiger partial charge < -0.3 is 4.74 Å². The van der Waals surface area contributed by atoms with E-state index in [1.54, 1.807) is 12.1 Å². The lowest BCUT2D eigenvalue weighted by Gasteiger charge is -2.06. The van der Waals surface area contributed by atoms with Crippen molar-refractivity contribution in [1.82, 2.24) is 10.2 Å². The zero-order valence-electron chi connectivity index (χ0n) is 14.7. The third-order valence-electron chi connectivity index (χ3n) is 4.19. The van der Waals surface area contributed by atoms with Crippen LogP contribution in [0.25, 0.3) is 22.4 Å². The summed E-state index contributed by atoms with van der Waals surface area (Å²) in [6, 6.07) is 26.6. The van der Waals surface area contributed by atoms with Crippen molar-refractivity contribution in [1.29, 1.82) is 0 Å². The van der Waals surface area contributed by atoms with Crippen LogP contribution >= 0.6 is 0 Å². The Morgan fingerprint density at radius 3 is 2.11 bits per heavy atom. The van der Waals surface area contributed by atoms with E-state index in [0.717, 1.165) is 22.8 Å². The number of nitrogens with zero attached hydrogens (tertiary/aromatic N) is 2. The summed E-state index contributed by atoms with van der Waals surface area (Å²) in [4.78, 5) is 12.0. The number of ether oxygens (including phenoxy) is 1. The lowest BCUT2D eigenvalue weighted by Crippen LogP contribution is -2.10. The van der Waals surface area contributed by atoms with Crippen LogP contribution in [0.5, 0.6) is 5.88 Å². The highest BCUT2D eigenvalue weighted by atomic mass is 19.1. The Kier molecular flexibility index (Phi) is 4.89. The minimum Gasteiger partial charge on any atom is -0.402 e. The Morgan fingerprint density at radius 2 is 1.43 bits per heavy atom. The zero-order valence-corrected chi connectivity index (χ0v) is 14.7. The molecule has 0 aliphatic heterocycles. The molecule has 0 amide bonds. The molecule has 0 spiro atoms. The zero-order chi connectivity index (χ0) is 19.3. The molecule has 5 heteroatoms. The second-order valence-corrected chi connectivity index (χ2v) is 6.10. The summed E-state index contributed by atoms with van der Waals surface area (Å²) in [5.41, 5.74) is 3.92. The number of benzene rings is 3. The van der Waals surface area contributed by atoms with Crippen LogP contribution in [0.3, 0.4) is 0 Å². The van der Waals surface area contributed by atoms with E-state index < -0.39 is 11.8 Å². The molecule has 0 saturated heterocycles. The van der Waals surface area contributed by atoms with E-state index >= 15 is 0 Å². The van der Waals surface area contributed by atoms with E-state index in [1.807, 2.05) is 42.5 Å². The van der Waals surface area contributed by atoms with Crippen molar-refractivity contribution in [2.75, 3.05) is 0 Å². The van der Waals surface area contributed by atoms with E-state index in [-0.39, 0.29) is 11.4 Å². The number of hydrogen-bond donors (Lipinski definition) is 0. The quantitative estimate of drug-likeness (QED) is 0.465. The van der Waals surface area contributed by atoms with Gasteiger partial charge in [-0.05, 0) is 35.4 Å². The van der Waals surface area contributed by atoms with Crippen LogP contribution in [-0.4, -0.2) is 16.2 Å². The summed E-state index contributed by atoms with van der Waals surface area (Å²) >= 11 is 0. The number of rotatable bonds is 4. The second-order valence-electron chi connectivity index (χ2n) is 6.10. The molecule has 3 aromatic carbocycles. The molecule has 4 rings (SSSR count). The molecule has 0 N–H and O–H groups in total. The lowest BCUT2D eigenvalue weighted by molar-refractivity contribution is 0.0725. The highest BCUT2D eigenvalue weighted by Gasteiger charge is 2.11. The maximum Gasteiger partial charge on any atom is 0.345 e. The molecule has 0 aliphatic rings. The normalized spacial score (nSPS) is 10.5. The van der Waals surface area contributed by atoms with Gasteiger partial charge in [-0.2, -0.15) is 0 Å². The molecule has 0 radical (unpaired) electrons. The first-order valence-electron chi connectivity index (χ1n) is 8.66. The van der Waals surface area contributed by atoms with Gasteiger partial charge in [-0.3, -0.25) is 0 Å². The third-order valence-corrected chi connectivity index (χ3v) is 4.19. The Balaban J connectivity index is 1.48.